The molecule has 0 unspecified atom stereocenters. The number of hydrogen-bond acceptors (Lipinski definition) is 4. The summed E-state index contributed by atoms with van der Waals surface area (Å²) in [6, 6.07) is 10.1. The lowest BCUT2D eigenvalue weighted by molar-refractivity contribution is -0.129. The van der Waals surface area contributed by atoms with Crippen molar-refractivity contribution >= 4 is 5.97 Å². The number of unbranched alkanes of at least 4 members (excludes halogenated alkanes) is 6. The Balaban J connectivity index is 1.65. The topological polar surface area (TPSA) is 52.1 Å². The summed E-state index contributed by atoms with van der Waals surface area (Å²) < 4.78 is 5.14. The van der Waals surface area contributed by atoms with Crippen LogP contribution in [0.3, 0.4) is 0 Å². The molecule has 2 rings (SSSR count). The molecule has 0 N–H and O–H groups in total. The Morgan fingerprint density at radius 3 is 2.30 bits per heavy atom. The number of allylic oxidation sites excluding steroid dienone is 1. The molecule has 4 heteroatoms. The smallest absolute Gasteiger partial charge is 0.338 e. The van der Waals surface area contributed by atoms with E-state index >= 15 is 0 Å². The molecule has 0 aliphatic rings. The molecule has 0 spiro atoms. The number of nitrogens with zero attached hydrogens (tertiary/aromatic N) is 2. The normalized spacial score (nSPS) is 11.0. The largest absolute Gasteiger partial charge is 0.388 e. The van der Waals surface area contributed by atoms with E-state index in [-0.39, 0.29) is 6.01 Å². The van der Waals surface area contributed by atoms with Crippen molar-refractivity contribution in [3.63, 3.8) is 0 Å². The van der Waals surface area contributed by atoms with E-state index in [2.05, 4.69) is 16.9 Å². The molecule has 27 heavy (non-hydrogen) atoms. The van der Waals surface area contributed by atoms with Crippen LogP contribution >= 0.6 is 0 Å². The molecule has 0 fully saturated rings. The minimum absolute atomic E-state index is 0.104. The quantitative estimate of drug-likeness (QED) is 0.284. The van der Waals surface area contributed by atoms with Gasteiger partial charge in [0.2, 0.25) is 0 Å². The highest BCUT2D eigenvalue weighted by atomic mass is 16.5. The maximum atomic E-state index is 11.8. The van der Waals surface area contributed by atoms with E-state index in [0.29, 0.717) is 6.42 Å². The number of esters is 1. The van der Waals surface area contributed by atoms with Crippen molar-refractivity contribution in [1.29, 1.82) is 0 Å². The van der Waals surface area contributed by atoms with Gasteiger partial charge in [0, 0.05) is 18.5 Å². The zero-order chi connectivity index (χ0) is 19.2. The van der Waals surface area contributed by atoms with Gasteiger partial charge in [0.25, 0.3) is 0 Å². The summed E-state index contributed by atoms with van der Waals surface area (Å²) in [6.07, 6.45) is 17.4. The highest BCUT2D eigenvalue weighted by Gasteiger charge is 2.04. The summed E-state index contributed by atoms with van der Waals surface area (Å²) in [7, 11) is 0. The molecule has 0 saturated carbocycles. The Bertz CT molecular complexity index is 681. The Labute approximate surface area is 162 Å². The van der Waals surface area contributed by atoms with Gasteiger partial charge in [0.05, 0.1) is 0 Å². The molecule has 0 aliphatic carbocycles. The van der Waals surface area contributed by atoms with Crippen LogP contribution in [0.5, 0.6) is 6.01 Å². The van der Waals surface area contributed by atoms with E-state index in [9.17, 15) is 4.79 Å². The molecule has 0 radical (unpaired) electrons. The third kappa shape index (κ3) is 9.13. The molecule has 1 heterocycles. The number of aromatic nitrogens is 2. The van der Waals surface area contributed by atoms with E-state index in [1.54, 1.807) is 18.5 Å². The average molecular weight is 367 g/mol. The number of carbonyl (C=O) groups excluding carboxylic acids is 1. The van der Waals surface area contributed by atoms with Gasteiger partial charge in [-0.05, 0) is 30.4 Å². The fourth-order valence-corrected chi connectivity index (χ4v) is 2.84. The van der Waals surface area contributed by atoms with Gasteiger partial charge in [-0.1, -0.05) is 81.9 Å². The number of hydrogen-bond donors (Lipinski definition) is 0. The van der Waals surface area contributed by atoms with Crippen molar-refractivity contribution in [1.82, 2.24) is 9.97 Å². The molecule has 0 bridgehead atoms. The Morgan fingerprint density at radius 1 is 0.926 bits per heavy atom. The molecule has 2 aromatic rings. The number of benzene rings is 1. The maximum absolute atomic E-state index is 11.8. The Kier molecular flexibility index (Phi) is 9.87. The van der Waals surface area contributed by atoms with E-state index in [1.165, 1.54) is 44.6 Å². The van der Waals surface area contributed by atoms with Crippen LogP contribution in [-0.4, -0.2) is 15.9 Å². The Hall–Kier alpha value is -2.49. The average Bonchev–Trinajstić information content (AvgIpc) is 2.69. The number of carbonyl (C=O) groups is 1. The standard InChI is InChI=1S/C23H30N2O2/c1-2-3-4-5-6-7-9-15-21-18-24-23(25-19-21)27-22(26)17-12-16-20-13-10-8-11-14-20/h8,10-14,17-19H,2-7,9,15-16H2,1H3. The van der Waals surface area contributed by atoms with Crippen molar-refractivity contribution in [3.05, 3.63) is 66.0 Å². The summed E-state index contributed by atoms with van der Waals surface area (Å²) in [6.45, 7) is 2.24. The van der Waals surface area contributed by atoms with Crippen LogP contribution in [0.15, 0.2) is 54.9 Å². The molecular weight excluding hydrogens is 336 g/mol. The van der Waals surface area contributed by atoms with Crippen LogP contribution in [0.4, 0.5) is 0 Å². The number of ether oxygens (including phenoxy) is 1. The minimum Gasteiger partial charge on any atom is -0.388 e. The zero-order valence-electron chi connectivity index (χ0n) is 16.3. The number of aryl methyl sites for hydroxylation is 1. The maximum Gasteiger partial charge on any atom is 0.338 e. The molecule has 0 saturated heterocycles. The summed E-state index contributed by atoms with van der Waals surface area (Å²) in [4.78, 5) is 20.1. The van der Waals surface area contributed by atoms with Gasteiger partial charge >= 0.3 is 12.0 Å². The molecule has 1 aromatic heterocycles. The van der Waals surface area contributed by atoms with Gasteiger partial charge in [-0.2, -0.15) is 0 Å². The lowest BCUT2D eigenvalue weighted by Gasteiger charge is -2.03. The highest BCUT2D eigenvalue weighted by Crippen LogP contribution is 2.11. The summed E-state index contributed by atoms with van der Waals surface area (Å²) in [5.74, 6) is -0.453. The molecule has 0 atom stereocenters. The van der Waals surface area contributed by atoms with Crippen molar-refractivity contribution in [2.45, 2.75) is 64.7 Å². The van der Waals surface area contributed by atoms with E-state index in [0.717, 1.165) is 24.0 Å². The van der Waals surface area contributed by atoms with E-state index < -0.39 is 5.97 Å². The van der Waals surface area contributed by atoms with Crippen molar-refractivity contribution in [3.8, 4) is 6.01 Å². The van der Waals surface area contributed by atoms with Crippen LogP contribution in [0.1, 0.15) is 63.0 Å². The molecule has 4 nitrogen and oxygen atoms in total. The molecule has 1 aromatic carbocycles. The van der Waals surface area contributed by atoms with Gasteiger partial charge in [0.15, 0.2) is 0 Å². The SMILES string of the molecule is CCCCCCCCCc1cnc(OC(=O)C=CCc2ccccc2)nc1. The van der Waals surface area contributed by atoms with Crippen LogP contribution in [0.2, 0.25) is 0 Å². The van der Waals surface area contributed by atoms with Crippen molar-refractivity contribution < 1.29 is 9.53 Å². The predicted octanol–water partition coefficient (Wildman–Crippen LogP) is 5.47. The molecule has 0 aliphatic heterocycles. The fraction of sp³-hybridized carbons (Fsp3) is 0.435. The van der Waals surface area contributed by atoms with Crippen molar-refractivity contribution in [2.24, 2.45) is 0 Å². The minimum atomic E-state index is -0.453. The highest BCUT2D eigenvalue weighted by molar-refractivity contribution is 5.83. The van der Waals surface area contributed by atoms with Crippen LogP contribution in [0, 0.1) is 0 Å². The summed E-state index contributed by atoms with van der Waals surface area (Å²) in [5, 5.41) is 0. The van der Waals surface area contributed by atoms with Gasteiger partial charge < -0.3 is 4.74 Å². The van der Waals surface area contributed by atoms with E-state index in [1.807, 2.05) is 30.3 Å². The van der Waals surface area contributed by atoms with Crippen LogP contribution in [0.25, 0.3) is 0 Å². The monoisotopic (exact) mass is 366 g/mol. The number of rotatable bonds is 12. The van der Waals surface area contributed by atoms with Crippen LogP contribution in [-0.2, 0) is 17.6 Å². The molecule has 144 valence electrons. The predicted molar refractivity (Wildman–Crippen MR) is 109 cm³/mol. The van der Waals surface area contributed by atoms with Gasteiger partial charge in [0.1, 0.15) is 0 Å². The second kappa shape index (κ2) is 12.8. The zero-order valence-corrected chi connectivity index (χ0v) is 16.3. The first-order valence-corrected chi connectivity index (χ1v) is 10.0. The van der Waals surface area contributed by atoms with E-state index in [4.69, 9.17) is 4.74 Å². The lowest BCUT2D eigenvalue weighted by Crippen LogP contribution is -2.07. The van der Waals surface area contributed by atoms with Gasteiger partial charge in [-0.15, -0.1) is 0 Å². The first-order chi connectivity index (χ1) is 13.3. The first kappa shape index (κ1) is 20.8. The van der Waals surface area contributed by atoms with Crippen molar-refractivity contribution in [2.75, 3.05) is 0 Å². The molecular formula is C23H30N2O2. The Morgan fingerprint density at radius 2 is 1.59 bits per heavy atom. The second-order valence-electron chi connectivity index (χ2n) is 6.76. The third-order valence-corrected chi connectivity index (χ3v) is 4.39. The fourth-order valence-electron chi connectivity index (χ4n) is 2.84. The summed E-state index contributed by atoms with van der Waals surface area (Å²) >= 11 is 0. The third-order valence-electron chi connectivity index (χ3n) is 4.39. The molecule has 0 amide bonds. The van der Waals surface area contributed by atoms with Crippen LogP contribution < -0.4 is 4.74 Å². The van der Waals surface area contributed by atoms with Gasteiger partial charge in [-0.3, -0.25) is 0 Å². The lowest BCUT2D eigenvalue weighted by atomic mass is 10.1. The van der Waals surface area contributed by atoms with Gasteiger partial charge in [-0.25, -0.2) is 14.8 Å². The summed E-state index contributed by atoms with van der Waals surface area (Å²) in [5.41, 5.74) is 2.23. The second-order valence-corrected chi connectivity index (χ2v) is 6.76. The first-order valence-electron chi connectivity index (χ1n) is 10.0.